The molecule has 11 heavy (non-hydrogen) atoms. The third-order valence-corrected chi connectivity index (χ3v) is 4.64. The molecule has 0 radical (unpaired) electrons. The van der Waals surface area contributed by atoms with Crippen LogP contribution in [0.15, 0.2) is 0 Å². The van der Waals surface area contributed by atoms with Crippen LogP contribution in [0.25, 0.3) is 0 Å². The molecule has 1 N–H and O–H groups in total. The Morgan fingerprint density at radius 1 is 1.55 bits per heavy atom. The van der Waals surface area contributed by atoms with Gasteiger partial charge in [-0.1, -0.05) is 6.92 Å². The average Bonchev–Trinajstić information content (AvgIpc) is 2.11. The number of thioether (sulfide) groups is 1. The molecule has 0 saturated carbocycles. The summed E-state index contributed by atoms with van der Waals surface area (Å²) in [7, 11) is -3.77. The smallest absolute Gasteiger partial charge is 1.00 e. The molecule has 0 aromatic rings. The summed E-state index contributed by atoms with van der Waals surface area (Å²) in [4.78, 5) is 0. The molecule has 0 spiro atoms. The summed E-state index contributed by atoms with van der Waals surface area (Å²) in [5.41, 5.74) is 0. The standard InChI is InChI=1S/C5H10O3S2.Na.H/c1-4-2-9-3-5(4)10(6,7)8;;/h4-5H,2-3H2,1H3,(H,6,7,8);;/q;+1;-1. The Kier molecular flexibility index (Phi) is 5.00. The van der Waals surface area contributed by atoms with E-state index in [9.17, 15) is 8.42 Å². The zero-order chi connectivity index (χ0) is 7.78. The van der Waals surface area contributed by atoms with Crippen LogP contribution in [0.2, 0.25) is 0 Å². The van der Waals surface area contributed by atoms with Crippen molar-refractivity contribution in [3.63, 3.8) is 0 Å². The van der Waals surface area contributed by atoms with Gasteiger partial charge < -0.3 is 1.43 Å². The molecule has 0 aliphatic carbocycles. The summed E-state index contributed by atoms with van der Waals surface area (Å²) in [6.07, 6.45) is 0. The second-order valence-electron chi connectivity index (χ2n) is 2.57. The van der Waals surface area contributed by atoms with Crippen molar-refractivity contribution in [3.05, 3.63) is 0 Å². The van der Waals surface area contributed by atoms with Gasteiger partial charge in [-0.25, -0.2) is 0 Å². The minimum Gasteiger partial charge on any atom is -1.00 e. The second kappa shape index (κ2) is 4.48. The van der Waals surface area contributed by atoms with Gasteiger partial charge in [-0.05, 0) is 11.7 Å². The Bertz CT molecular complexity index is 219. The van der Waals surface area contributed by atoms with E-state index >= 15 is 0 Å². The average molecular weight is 206 g/mol. The number of hydrogen-bond donors (Lipinski definition) is 1. The molecule has 0 aromatic carbocycles. The molecule has 0 amide bonds. The Morgan fingerprint density at radius 3 is 2.27 bits per heavy atom. The molecule has 0 bridgehead atoms. The van der Waals surface area contributed by atoms with E-state index < -0.39 is 15.4 Å². The van der Waals surface area contributed by atoms with Crippen LogP contribution in [0.3, 0.4) is 0 Å². The van der Waals surface area contributed by atoms with E-state index in [1.807, 2.05) is 6.92 Å². The molecule has 1 rings (SSSR count). The summed E-state index contributed by atoms with van der Waals surface area (Å²) < 4.78 is 29.8. The van der Waals surface area contributed by atoms with Crippen LogP contribution < -0.4 is 29.6 Å². The summed E-state index contributed by atoms with van der Waals surface area (Å²) in [5.74, 6) is 1.48. The zero-order valence-electron chi connectivity index (χ0n) is 7.65. The van der Waals surface area contributed by atoms with Gasteiger partial charge in [0.25, 0.3) is 10.1 Å². The van der Waals surface area contributed by atoms with Crippen LogP contribution in [-0.4, -0.2) is 29.7 Å². The fourth-order valence-corrected chi connectivity index (χ4v) is 4.10. The normalized spacial score (nSPS) is 31.5. The molecule has 0 aromatic heterocycles. The van der Waals surface area contributed by atoms with Crippen LogP contribution in [0.1, 0.15) is 8.35 Å². The van der Waals surface area contributed by atoms with Crippen molar-refractivity contribution in [1.82, 2.24) is 0 Å². The van der Waals surface area contributed by atoms with E-state index in [0.717, 1.165) is 5.75 Å². The Morgan fingerprint density at radius 2 is 2.09 bits per heavy atom. The SMILES string of the molecule is CC1CSCC1S(=O)(=O)O.[H-].[Na+]. The fourth-order valence-electron chi connectivity index (χ4n) is 1.02. The molecule has 1 fully saturated rings. The first kappa shape index (κ1) is 12.3. The topological polar surface area (TPSA) is 54.4 Å². The van der Waals surface area contributed by atoms with Crippen LogP contribution in [-0.2, 0) is 10.1 Å². The quantitative estimate of drug-likeness (QED) is 0.389. The first-order valence-corrected chi connectivity index (χ1v) is 5.71. The van der Waals surface area contributed by atoms with E-state index in [4.69, 9.17) is 4.55 Å². The molecular weight excluding hydrogens is 195 g/mol. The van der Waals surface area contributed by atoms with Crippen molar-refractivity contribution < 1.29 is 44.0 Å². The molecular formula is C5H11NaO3S2. The van der Waals surface area contributed by atoms with E-state index in [1.54, 1.807) is 11.8 Å². The predicted octanol–water partition coefficient (Wildman–Crippen LogP) is -2.26. The van der Waals surface area contributed by atoms with E-state index in [0.29, 0.717) is 5.75 Å². The van der Waals surface area contributed by atoms with Crippen molar-refractivity contribution >= 4 is 21.9 Å². The van der Waals surface area contributed by atoms with Crippen LogP contribution in [0.5, 0.6) is 0 Å². The van der Waals surface area contributed by atoms with Crippen molar-refractivity contribution in [2.45, 2.75) is 12.2 Å². The van der Waals surface area contributed by atoms with Crippen molar-refractivity contribution in [3.8, 4) is 0 Å². The zero-order valence-corrected chi connectivity index (χ0v) is 10.3. The Labute approximate surface area is 94.8 Å². The molecule has 3 nitrogen and oxygen atoms in total. The summed E-state index contributed by atoms with van der Waals surface area (Å²) in [6, 6.07) is 0. The summed E-state index contributed by atoms with van der Waals surface area (Å²) in [5, 5.41) is -0.530. The summed E-state index contributed by atoms with van der Waals surface area (Å²) in [6.45, 7) is 1.85. The van der Waals surface area contributed by atoms with Gasteiger partial charge in [0.2, 0.25) is 0 Å². The predicted molar refractivity (Wildman–Crippen MR) is 42.9 cm³/mol. The Balaban J connectivity index is 0. The molecule has 2 atom stereocenters. The van der Waals surface area contributed by atoms with Gasteiger partial charge >= 0.3 is 29.6 Å². The minimum atomic E-state index is -3.77. The van der Waals surface area contributed by atoms with Crippen LogP contribution in [0.4, 0.5) is 0 Å². The van der Waals surface area contributed by atoms with E-state index in [-0.39, 0.29) is 36.9 Å². The van der Waals surface area contributed by atoms with Gasteiger partial charge in [-0.2, -0.15) is 20.2 Å². The maximum absolute atomic E-state index is 10.6. The largest absolute Gasteiger partial charge is 1.00 e. The van der Waals surface area contributed by atoms with Gasteiger partial charge in [0.1, 0.15) is 0 Å². The third kappa shape index (κ3) is 3.24. The van der Waals surface area contributed by atoms with Gasteiger partial charge in [0.05, 0.1) is 5.25 Å². The van der Waals surface area contributed by atoms with Crippen molar-refractivity contribution in [1.29, 1.82) is 0 Å². The maximum atomic E-state index is 10.6. The first-order valence-electron chi connectivity index (χ1n) is 3.06. The van der Waals surface area contributed by atoms with Crippen LogP contribution >= 0.6 is 11.8 Å². The molecule has 2 unspecified atom stereocenters. The van der Waals surface area contributed by atoms with E-state index in [1.165, 1.54) is 0 Å². The number of hydrogen-bond acceptors (Lipinski definition) is 3. The van der Waals surface area contributed by atoms with E-state index in [2.05, 4.69) is 0 Å². The Hall–Kier alpha value is 1.26. The van der Waals surface area contributed by atoms with Crippen LogP contribution in [0, 0.1) is 5.92 Å². The molecule has 62 valence electrons. The molecule has 1 saturated heterocycles. The van der Waals surface area contributed by atoms with Gasteiger partial charge in [0, 0.05) is 5.75 Å². The minimum absolute atomic E-state index is 0. The second-order valence-corrected chi connectivity index (χ2v) is 5.28. The monoisotopic (exact) mass is 206 g/mol. The fraction of sp³-hybridized carbons (Fsp3) is 1.00. The molecule has 6 heteroatoms. The molecule has 1 aliphatic heterocycles. The van der Waals surface area contributed by atoms with Crippen molar-refractivity contribution in [2.24, 2.45) is 5.92 Å². The van der Waals surface area contributed by atoms with Gasteiger partial charge in [-0.3, -0.25) is 4.55 Å². The third-order valence-electron chi connectivity index (χ3n) is 1.68. The summed E-state index contributed by atoms with van der Waals surface area (Å²) >= 11 is 1.58. The maximum Gasteiger partial charge on any atom is 1.00 e. The van der Waals surface area contributed by atoms with Gasteiger partial charge in [0.15, 0.2) is 0 Å². The molecule has 1 heterocycles. The van der Waals surface area contributed by atoms with Crippen molar-refractivity contribution in [2.75, 3.05) is 11.5 Å². The number of rotatable bonds is 1. The molecule has 1 aliphatic rings. The first-order chi connectivity index (χ1) is 4.52. The van der Waals surface area contributed by atoms with Gasteiger partial charge in [-0.15, -0.1) is 0 Å².